The summed E-state index contributed by atoms with van der Waals surface area (Å²) in [4.78, 5) is 0. The normalized spacial score (nSPS) is 11.4. The zero-order valence-corrected chi connectivity index (χ0v) is 13.6. The van der Waals surface area contributed by atoms with Gasteiger partial charge >= 0.3 is 0 Å². The van der Waals surface area contributed by atoms with E-state index in [0.29, 0.717) is 11.7 Å². The molecular weight excluding hydrogens is 262 g/mol. The van der Waals surface area contributed by atoms with Gasteiger partial charge in [-0.25, -0.2) is 0 Å². The van der Waals surface area contributed by atoms with E-state index in [1.165, 1.54) is 25.7 Å². The highest BCUT2D eigenvalue weighted by Crippen LogP contribution is 2.26. The van der Waals surface area contributed by atoms with Crippen LogP contribution in [0.25, 0.3) is 0 Å². The highest BCUT2D eigenvalue weighted by atomic mass is 16.5. The number of nitrogens with one attached hydrogen (secondary N) is 1. The van der Waals surface area contributed by atoms with Gasteiger partial charge in [0, 0.05) is 6.54 Å². The lowest BCUT2D eigenvalue weighted by Crippen LogP contribution is -2.14. The van der Waals surface area contributed by atoms with E-state index in [-0.39, 0.29) is 5.75 Å². The number of rotatable bonds is 10. The van der Waals surface area contributed by atoms with Gasteiger partial charge in [0.15, 0.2) is 11.5 Å². The summed E-state index contributed by atoms with van der Waals surface area (Å²) in [5.41, 5.74) is 1.13. The van der Waals surface area contributed by atoms with Crippen molar-refractivity contribution in [2.24, 2.45) is 5.92 Å². The van der Waals surface area contributed by atoms with Crippen molar-refractivity contribution in [2.45, 2.75) is 46.1 Å². The molecular formula is C18H29NO2. The second-order valence-electron chi connectivity index (χ2n) is 5.70. The standard InChI is InChI=1S/C18H29NO2/c1-15(2)9-7-5-4-6-8-12-19-14-16-10-11-17(20)18(13-16)21-3/h7,9-11,13,15,19-20H,4-6,8,12,14H2,1-3H3/b9-7+. The van der Waals surface area contributed by atoms with Gasteiger partial charge in [0.2, 0.25) is 0 Å². The van der Waals surface area contributed by atoms with Gasteiger partial charge in [0.1, 0.15) is 0 Å². The van der Waals surface area contributed by atoms with E-state index in [4.69, 9.17) is 4.74 Å². The molecule has 0 aliphatic carbocycles. The van der Waals surface area contributed by atoms with Crippen molar-refractivity contribution >= 4 is 0 Å². The first-order valence-corrected chi connectivity index (χ1v) is 7.86. The predicted octanol–water partition coefficient (Wildman–Crippen LogP) is 4.26. The molecule has 0 aliphatic rings. The van der Waals surface area contributed by atoms with E-state index >= 15 is 0 Å². The van der Waals surface area contributed by atoms with Crippen LogP contribution in [0.15, 0.2) is 30.4 Å². The second-order valence-corrected chi connectivity index (χ2v) is 5.70. The Balaban J connectivity index is 2.09. The van der Waals surface area contributed by atoms with Gasteiger partial charge < -0.3 is 15.2 Å². The van der Waals surface area contributed by atoms with Gasteiger partial charge in [-0.15, -0.1) is 0 Å². The summed E-state index contributed by atoms with van der Waals surface area (Å²) < 4.78 is 5.10. The van der Waals surface area contributed by atoms with Crippen LogP contribution in [-0.4, -0.2) is 18.8 Å². The largest absolute Gasteiger partial charge is 0.504 e. The molecule has 118 valence electrons. The Morgan fingerprint density at radius 2 is 2.05 bits per heavy atom. The van der Waals surface area contributed by atoms with Gasteiger partial charge in [-0.3, -0.25) is 0 Å². The minimum Gasteiger partial charge on any atom is -0.504 e. The molecule has 2 N–H and O–H groups in total. The third-order valence-corrected chi connectivity index (χ3v) is 3.32. The van der Waals surface area contributed by atoms with Crippen LogP contribution in [-0.2, 0) is 6.54 Å². The number of benzene rings is 1. The van der Waals surface area contributed by atoms with E-state index in [2.05, 4.69) is 31.3 Å². The SMILES string of the molecule is COc1cc(CNCCCCC/C=C/C(C)C)ccc1O. The van der Waals surface area contributed by atoms with Crippen molar-refractivity contribution in [3.05, 3.63) is 35.9 Å². The van der Waals surface area contributed by atoms with Crippen LogP contribution < -0.4 is 10.1 Å². The van der Waals surface area contributed by atoms with Crippen molar-refractivity contribution < 1.29 is 9.84 Å². The molecule has 0 saturated heterocycles. The summed E-state index contributed by atoms with van der Waals surface area (Å²) in [6.07, 6.45) is 9.47. The highest BCUT2D eigenvalue weighted by Gasteiger charge is 2.02. The molecule has 0 saturated carbocycles. The fraction of sp³-hybridized carbons (Fsp3) is 0.556. The third-order valence-electron chi connectivity index (χ3n) is 3.32. The summed E-state index contributed by atoms with van der Waals surface area (Å²) in [6, 6.07) is 5.47. The Hall–Kier alpha value is -1.48. The molecule has 0 amide bonds. The lowest BCUT2D eigenvalue weighted by Gasteiger charge is -2.08. The Morgan fingerprint density at radius 3 is 2.76 bits per heavy atom. The fourth-order valence-corrected chi connectivity index (χ4v) is 2.12. The quantitative estimate of drug-likeness (QED) is 0.500. The zero-order valence-electron chi connectivity index (χ0n) is 13.6. The van der Waals surface area contributed by atoms with Crippen LogP contribution in [0.4, 0.5) is 0 Å². The van der Waals surface area contributed by atoms with Crippen LogP contribution in [0.2, 0.25) is 0 Å². The van der Waals surface area contributed by atoms with Gasteiger partial charge in [-0.1, -0.05) is 38.5 Å². The van der Waals surface area contributed by atoms with Gasteiger partial charge in [-0.05, 0) is 49.4 Å². The van der Waals surface area contributed by atoms with Crippen molar-refractivity contribution in [2.75, 3.05) is 13.7 Å². The number of hydrogen-bond acceptors (Lipinski definition) is 3. The van der Waals surface area contributed by atoms with Crippen molar-refractivity contribution in [3.8, 4) is 11.5 Å². The second kappa shape index (κ2) is 10.3. The first-order chi connectivity index (χ1) is 10.1. The van der Waals surface area contributed by atoms with E-state index in [1.807, 2.05) is 12.1 Å². The number of methoxy groups -OCH3 is 1. The third kappa shape index (κ3) is 7.76. The number of phenolic OH excluding ortho intramolecular Hbond substituents is 1. The Labute approximate surface area is 129 Å². The molecule has 21 heavy (non-hydrogen) atoms. The average Bonchev–Trinajstić information content (AvgIpc) is 2.46. The van der Waals surface area contributed by atoms with Crippen molar-refractivity contribution in [3.63, 3.8) is 0 Å². The van der Waals surface area contributed by atoms with Crippen LogP contribution in [0, 0.1) is 5.92 Å². The molecule has 0 unspecified atom stereocenters. The van der Waals surface area contributed by atoms with Gasteiger partial charge in [-0.2, -0.15) is 0 Å². The minimum absolute atomic E-state index is 0.190. The number of aromatic hydroxyl groups is 1. The Morgan fingerprint density at radius 1 is 1.24 bits per heavy atom. The summed E-state index contributed by atoms with van der Waals surface area (Å²) in [5, 5.41) is 13.0. The molecule has 0 aromatic heterocycles. The average molecular weight is 291 g/mol. The molecule has 0 bridgehead atoms. The number of allylic oxidation sites excluding steroid dienone is 2. The fourth-order valence-electron chi connectivity index (χ4n) is 2.12. The van der Waals surface area contributed by atoms with Crippen LogP contribution in [0.3, 0.4) is 0 Å². The maximum Gasteiger partial charge on any atom is 0.160 e. The maximum atomic E-state index is 9.53. The van der Waals surface area contributed by atoms with Gasteiger partial charge in [0.25, 0.3) is 0 Å². The number of hydrogen-bond donors (Lipinski definition) is 2. The van der Waals surface area contributed by atoms with Crippen molar-refractivity contribution in [1.29, 1.82) is 0 Å². The Kier molecular flexibility index (Phi) is 8.60. The van der Waals surface area contributed by atoms with Crippen molar-refractivity contribution in [1.82, 2.24) is 5.32 Å². The molecule has 1 aromatic rings. The molecule has 1 aromatic carbocycles. The zero-order chi connectivity index (χ0) is 15.5. The molecule has 0 radical (unpaired) electrons. The first kappa shape index (κ1) is 17.6. The number of unbranched alkanes of at least 4 members (excludes halogenated alkanes) is 3. The minimum atomic E-state index is 0.190. The van der Waals surface area contributed by atoms with E-state index in [1.54, 1.807) is 13.2 Å². The summed E-state index contributed by atoms with van der Waals surface area (Å²) in [6.45, 7) is 6.25. The lowest BCUT2D eigenvalue weighted by molar-refractivity contribution is 0.372. The molecule has 0 fully saturated rings. The Bertz CT molecular complexity index is 427. The summed E-state index contributed by atoms with van der Waals surface area (Å²) in [5.74, 6) is 1.39. The molecule has 1 rings (SSSR count). The lowest BCUT2D eigenvalue weighted by atomic mass is 10.1. The topological polar surface area (TPSA) is 41.5 Å². The molecule has 3 nitrogen and oxygen atoms in total. The number of phenols is 1. The van der Waals surface area contributed by atoms with Crippen LogP contribution in [0.5, 0.6) is 11.5 Å². The van der Waals surface area contributed by atoms with E-state index in [9.17, 15) is 5.11 Å². The molecule has 0 heterocycles. The maximum absolute atomic E-state index is 9.53. The van der Waals surface area contributed by atoms with Gasteiger partial charge in [0.05, 0.1) is 7.11 Å². The predicted molar refractivity (Wildman–Crippen MR) is 88.8 cm³/mol. The molecule has 0 spiro atoms. The summed E-state index contributed by atoms with van der Waals surface area (Å²) >= 11 is 0. The first-order valence-electron chi connectivity index (χ1n) is 7.86. The number of ether oxygens (including phenoxy) is 1. The van der Waals surface area contributed by atoms with E-state index in [0.717, 1.165) is 18.7 Å². The molecule has 0 atom stereocenters. The molecule has 0 aliphatic heterocycles. The summed E-state index contributed by atoms with van der Waals surface area (Å²) in [7, 11) is 1.57. The smallest absolute Gasteiger partial charge is 0.160 e. The van der Waals surface area contributed by atoms with Crippen LogP contribution >= 0.6 is 0 Å². The monoisotopic (exact) mass is 291 g/mol. The van der Waals surface area contributed by atoms with Crippen LogP contribution in [0.1, 0.15) is 45.1 Å². The highest BCUT2D eigenvalue weighted by molar-refractivity contribution is 5.41. The van der Waals surface area contributed by atoms with E-state index < -0.39 is 0 Å². The molecule has 3 heteroatoms.